The molecular formula is C12H18N2O2S. The summed E-state index contributed by atoms with van der Waals surface area (Å²) in [5.74, 6) is 0.0236. The van der Waals surface area contributed by atoms with Crippen molar-refractivity contribution in [1.82, 2.24) is 4.90 Å². The molecule has 1 aromatic rings. The van der Waals surface area contributed by atoms with Gasteiger partial charge in [0.2, 0.25) is 0 Å². The number of rotatable bonds is 4. The van der Waals surface area contributed by atoms with E-state index >= 15 is 0 Å². The molecule has 1 amide bonds. The maximum atomic E-state index is 12.2. The first-order chi connectivity index (χ1) is 8.22. The summed E-state index contributed by atoms with van der Waals surface area (Å²) in [7, 11) is 0. The van der Waals surface area contributed by atoms with E-state index < -0.39 is 0 Å². The summed E-state index contributed by atoms with van der Waals surface area (Å²) in [6, 6.07) is 1.78. The first-order valence-corrected chi connectivity index (χ1v) is 6.84. The summed E-state index contributed by atoms with van der Waals surface area (Å²) in [5.41, 5.74) is 6.35. The summed E-state index contributed by atoms with van der Waals surface area (Å²) in [4.78, 5) is 14.7. The number of nitrogens with two attached hydrogens (primary N) is 1. The highest BCUT2D eigenvalue weighted by atomic mass is 32.1. The molecular weight excluding hydrogens is 236 g/mol. The number of hydrogen-bond acceptors (Lipinski definition) is 4. The lowest BCUT2D eigenvalue weighted by Crippen LogP contribution is -2.37. The van der Waals surface area contributed by atoms with Crippen molar-refractivity contribution in [2.24, 2.45) is 0 Å². The lowest BCUT2D eigenvalue weighted by atomic mass is 10.2. The zero-order valence-corrected chi connectivity index (χ0v) is 10.8. The Balaban J connectivity index is 2.02. The van der Waals surface area contributed by atoms with Crippen LogP contribution in [0.2, 0.25) is 0 Å². The normalized spacial score (nSPS) is 19.5. The number of nitrogen functional groups attached to an aromatic ring is 1. The predicted octanol–water partition coefficient (Wildman–Crippen LogP) is 1.97. The van der Waals surface area contributed by atoms with Crippen molar-refractivity contribution in [2.75, 3.05) is 25.4 Å². The second-order valence-corrected chi connectivity index (χ2v) is 5.10. The van der Waals surface area contributed by atoms with Crippen molar-refractivity contribution in [3.63, 3.8) is 0 Å². The predicted molar refractivity (Wildman–Crippen MR) is 69.3 cm³/mol. The number of thiophene rings is 1. The highest BCUT2D eigenvalue weighted by Gasteiger charge is 2.23. The van der Waals surface area contributed by atoms with E-state index in [1.807, 2.05) is 17.2 Å². The fourth-order valence-corrected chi connectivity index (χ4v) is 2.81. The van der Waals surface area contributed by atoms with Crippen molar-refractivity contribution in [3.8, 4) is 0 Å². The van der Waals surface area contributed by atoms with Gasteiger partial charge in [-0.1, -0.05) is 0 Å². The minimum atomic E-state index is 0.0236. The Morgan fingerprint density at radius 2 is 2.53 bits per heavy atom. The molecule has 0 saturated carbocycles. The molecule has 2 heterocycles. The molecule has 0 radical (unpaired) electrons. The van der Waals surface area contributed by atoms with Gasteiger partial charge in [-0.3, -0.25) is 4.79 Å². The summed E-state index contributed by atoms with van der Waals surface area (Å²) >= 11 is 1.40. The number of likely N-dealkylation sites (N-methyl/N-ethyl adjacent to an activating group) is 1. The van der Waals surface area contributed by atoms with E-state index in [9.17, 15) is 4.79 Å². The number of amides is 1. The Morgan fingerprint density at radius 1 is 1.71 bits per heavy atom. The Labute approximate surface area is 105 Å². The molecule has 0 spiro atoms. The van der Waals surface area contributed by atoms with Gasteiger partial charge in [-0.15, -0.1) is 11.3 Å². The topological polar surface area (TPSA) is 55.6 Å². The fourth-order valence-electron chi connectivity index (χ4n) is 2.03. The molecule has 0 aromatic carbocycles. The van der Waals surface area contributed by atoms with Crippen molar-refractivity contribution in [2.45, 2.75) is 25.9 Å². The van der Waals surface area contributed by atoms with Crippen molar-refractivity contribution < 1.29 is 9.53 Å². The molecule has 2 N–H and O–H groups in total. The molecule has 4 nitrogen and oxygen atoms in total. The van der Waals surface area contributed by atoms with Crippen molar-refractivity contribution >= 4 is 22.9 Å². The van der Waals surface area contributed by atoms with Crippen LogP contribution in [0.4, 0.5) is 5.69 Å². The molecule has 0 bridgehead atoms. The molecule has 1 aromatic heterocycles. The van der Waals surface area contributed by atoms with Gasteiger partial charge in [-0.2, -0.15) is 0 Å². The minimum absolute atomic E-state index is 0.0236. The van der Waals surface area contributed by atoms with E-state index in [2.05, 4.69) is 0 Å². The van der Waals surface area contributed by atoms with Gasteiger partial charge in [0, 0.05) is 19.7 Å². The van der Waals surface area contributed by atoms with Gasteiger partial charge in [0.15, 0.2) is 0 Å². The number of nitrogens with zero attached hydrogens (tertiary/aromatic N) is 1. The molecule has 5 heteroatoms. The Morgan fingerprint density at radius 3 is 3.06 bits per heavy atom. The maximum absolute atomic E-state index is 12.2. The van der Waals surface area contributed by atoms with Crippen LogP contribution in [0.15, 0.2) is 11.4 Å². The fraction of sp³-hybridized carbons (Fsp3) is 0.583. The first kappa shape index (κ1) is 12.4. The quantitative estimate of drug-likeness (QED) is 0.893. The Hall–Kier alpha value is -1.07. The first-order valence-electron chi connectivity index (χ1n) is 5.96. The van der Waals surface area contributed by atoms with Crippen LogP contribution in [0.1, 0.15) is 29.4 Å². The third-order valence-corrected chi connectivity index (χ3v) is 3.93. The number of ether oxygens (including phenoxy) is 1. The number of carbonyl (C=O) groups is 1. The summed E-state index contributed by atoms with van der Waals surface area (Å²) in [6.45, 7) is 4.16. The van der Waals surface area contributed by atoms with Gasteiger partial charge < -0.3 is 15.4 Å². The van der Waals surface area contributed by atoms with Gasteiger partial charge >= 0.3 is 0 Å². The third-order valence-electron chi connectivity index (χ3n) is 3.01. The maximum Gasteiger partial charge on any atom is 0.266 e. The van der Waals surface area contributed by atoms with Crippen LogP contribution in [0.5, 0.6) is 0 Å². The molecule has 94 valence electrons. The highest BCUT2D eigenvalue weighted by Crippen LogP contribution is 2.22. The van der Waals surface area contributed by atoms with Gasteiger partial charge in [0.1, 0.15) is 4.88 Å². The summed E-state index contributed by atoms with van der Waals surface area (Å²) in [6.07, 6.45) is 2.33. The van der Waals surface area contributed by atoms with E-state index in [0.29, 0.717) is 23.7 Å². The third kappa shape index (κ3) is 2.79. The van der Waals surface area contributed by atoms with Crippen LogP contribution in [0.25, 0.3) is 0 Å². The van der Waals surface area contributed by atoms with E-state index in [4.69, 9.17) is 10.5 Å². The van der Waals surface area contributed by atoms with Crippen molar-refractivity contribution in [1.29, 1.82) is 0 Å². The lowest BCUT2D eigenvalue weighted by Gasteiger charge is -2.23. The molecule has 1 aliphatic heterocycles. The minimum Gasteiger partial charge on any atom is -0.397 e. The van der Waals surface area contributed by atoms with Crippen LogP contribution >= 0.6 is 11.3 Å². The summed E-state index contributed by atoms with van der Waals surface area (Å²) < 4.78 is 5.56. The second-order valence-electron chi connectivity index (χ2n) is 4.18. The van der Waals surface area contributed by atoms with E-state index in [1.165, 1.54) is 11.3 Å². The zero-order chi connectivity index (χ0) is 12.3. The SMILES string of the molecule is CCN(CC1CCCO1)C(=O)c1sccc1N. The van der Waals surface area contributed by atoms with Crippen LogP contribution in [-0.4, -0.2) is 36.6 Å². The molecule has 1 atom stereocenters. The molecule has 1 fully saturated rings. The van der Waals surface area contributed by atoms with E-state index in [-0.39, 0.29) is 12.0 Å². The average Bonchev–Trinajstić information content (AvgIpc) is 2.96. The second kappa shape index (κ2) is 5.51. The highest BCUT2D eigenvalue weighted by molar-refractivity contribution is 7.12. The molecule has 17 heavy (non-hydrogen) atoms. The largest absolute Gasteiger partial charge is 0.397 e. The number of anilines is 1. The number of carbonyl (C=O) groups excluding carboxylic acids is 1. The number of hydrogen-bond donors (Lipinski definition) is 1. The molecule has 1 saturated heterocycles. The van der Waals surface area contributed by atoms with Gasteiger partial charge in [0.05, 0.1) is 11.8 Å². The van der Waals surface area contributed by atoms with Crippen LogP contribution in [0, 0.1) is 0 Å². The van der Waals surface area contributed by atoms with Crippen LogP contribution in [0.3, 0.4) is 0 Å². The summed E-state index contributed by atoms with van der Waals surface area (Å²) in [5, 5.41) is 1.85. The zero-order valence-electron chi connectivity index (χ0n) is 10.0. The Bertz CT molecular complexity index is 386. The molecule has 2 rings (SSSR count). The van der Waals surface area contributed by atoms with Crippen LogP contribution < -0.4 is 5.73 Å². The smallest absolute Gasteiger partial charge is 0.266 e. The average molecular weight is 254 g/mol. The Kier molecular flexibility index (Phi) is 4.02. The lowest BCUT2D eigenvalue weighted by molar-refractivity contribution is 0.0543. The van der Waals surface area contributed by atoms with E-state index in [1.54, 1.807) is 6.07 Å². The van der Waals surface area contributed by atoms with E-state index in [0.717, 1.165) is 19.4 Å². The van der Waals surface area contributed by atoms with Crippen LogP contribution in [-0.2, 0) is 4.74 Å². The van der Waals surface area contributed by atoms with Gasteiger partial charge in [0.25, 0.3) is 5.91 Å². The standard InChI is InChI=1S/C12H18N2O2S/c1-2-14(8-9-4-3-6-16-9)12(15)11-10(13)5-7-17-11/h5,7,9H,2-4,6,8,13H2,1H3. The van der Waals surface area contributed by atoms with Gasteiger partial charge in [-0.05, 0) is 31.2 Å². The molecule has 1 unspecified atom stereocenters. The van der Waals surface area contributed by atoms with Gasteiger partial charge in [-0.25, -0.2) is 0 Å². The van der Waals surface area contributed by atoms with Crippen molar-refractivity contribution in [3.05, 3.63) is 16.3 Å². The monoisotopic (exact) mass is 254 g/mol. The molecule has 0 aliphatic carbocycles. The molecule has 1 aliphatic rings.